The number of nitrogens with one attached hydrogen (secondary N) is 1. The molecule has 2 aromatic rings. The van der Waals surface area contributed by atoms with E-state index in [0.717, 1.165) is 9.99 Å². The number of carbonyl (C=O) groups excluding carboxylic acids is 1. The third-order valence-electron chi connectivity index (χ3n) is 5.14. The van der Waals surface area contributed by atoms with E-state index in [4.69, 9.17) is 0 Å². The molecule has 1 aliphatic rings. The SMILES string of the molecule is CN(C)S(=O)(=O)c1ccc(C(=O)Nc2ccc(C3CCCCC3)cc2)cc1. The van der Waals surface area contributed by atoms with E-state index in [0.29, 0.717) is 11.5 Å². The van der Waals surface area contributed by atoms with Gasteiger partial charge in [0.2, 0.25) is 10.0 Å². The number of rotatable bonds is 5. The van der Waals surface area contributed by atoms with Gasteiger partial charge in [-0.25, -0.2) is 12.7 Å². The van der Waals surface area contributed by atoms with Crippen molar-refractivity contribution < 1.29 is 13.2 Å². The Morgan fingerprint density at radius 1 is 0.926 bits per heavy atom. The lowest BCUT2D eigenvalue weighted by Crippen LogP contribution is -2.22. The number of nitrogens with zero attached hydrogens (tertiary/aromatic N) is 1. The van der Waals surface area contributed by atoms with Gasteiger partial charge in [-0.3, -0.25) is 4.79 Å². The molecule has 0 unspecified atom stereocenters. The minimum Gasteiger partial charge on any atom is -0.322 e. The molecule has 0 aromatic heterocycles. The number of hydrogen-bond donors (Lipinski definition) is 1. The highest BCUT2D eigenvalue weighted by atomic mass is 32.2. The fraction of sp³-hybridized carbons (Fsp3) is 0.381. The molecule has 1 aliphatic carbocycles. The fourth-order valence-corrected chi connectivity index (χ4v) is 4.37. The molecule has 1 N–H and O–H groups in total. The van der Waals surface area contributed by atoms with Gasteiger partial charge in [-0.2, -0.15) is 0 Å². The summed E-state index contributed by atoms with van der Waals surface area (Å²) in [7, 11) is -0.534. The molecule has 144 valence electrons. The summed E-state index contributed by atoms with van der Waals surface area (Å²) in [5.74, 6) is 0.379. The minimum atomic E-state index is -3.49. The van der Waals surface area contributed by atoms with Crippen molar-refractivity contribution in [1.29, 1.82) is 0 Å². The van der Waals surface area contributed by atoms with Gasteiger partial charge in [-0.05, 0) is 60.7 Å². The minimum absolute atomic E-state index is 0.167. The van der Waals surface area contributed by atoms with E-state index in [1.807, 2.05) is 12.1 Å². The predicted octanol–water partition coefficient (Wildman–Crippen LogP) is 4.24. The zero-order valence-electron chi connectivity index (χ0n) is 15.8. The lowest BCUT2D eigenvalue weighted by Gasteiger charge is -2.22. The third-order valence-corrected chi connectivity index (χ3v) is 6.97. The predicted molar refractivity (Wildman–Crippen MR) is 108 cm³/mol. The molecule has 0 spiro atoms. The number of anilines is 1. The van der Waals surface area contributed by atoms with Crippen LogP contribution in [0.2, 0.25) is 0 Å². The molecule has 0 radical (unpaired) electrons. The molecule has 1 fully saturated rings. The fourth-order valence-electron chi connectivity index (χ4n) is 3.47. The highest BCUT2D eigenvalue weighted by Crippen LogP contribution is 2.33. The van der Waals surface area contributed by atoms with Crippen molar-refractivity contribution in [1.82, 2.24) is 4.31 Å². The van der Waals surface area contributed by atoms with Crippen molar-refractivity contribution in [2.45, 2.75) is 42.9 Å². The van der Waals surface area contributed by atoms with Gasteiger partial charge < -0.3 is 5.32 Å². The van der Waals surface area contributed by atoms with Gasteiger partial charge in [0, 0.05) is 25.3 Å². The monoisotopic (exact) mass is 386 g/mol. The second-order valence-corrected chi connectivity index (χ2v) is 9.37. The summed E-state index contributed by atoms with van der Waals surface area (Å²) in [6, 6.07) is 14.0. The number of sulfonamides is 1. The molecule has 0 atom stereocenters. The first-order valence-electron chi connectivity index (χ1n) is 9.32. The molecule has 1 saturated carbocycles. The molecule has 3 rings (SSSR count). The Morgan fingerprint density at radius 2 is 1.52 bits per heavy atom. The molecule has 5 nitrogen and oxygen atoms in total. The van der Waals surface area contributed by atoms with Crippen LogP contribution in [0.15, 0.2) is 53.4 Å². The Morgan fingerprint density at radius 3 is 2.07 bits per heavy atom. The van der Waals surface area contributed by atoms with E-state index in [2.05, 4.69) is 17.4 Å². The normalized spacial score (nSPS) is 15.7. The van der Waals surface area contributed by atoms with Crippen molar-refractivity contribution >= 4 is 21.6 Å². The first kappa shape index (κ1) is 19.6. The van der Waals surface area contributed by atoms with E-state index < -0.39 is 10.0 Å². The molecular weight excluding hydrogens is 360 g/mol. The average Bonchev–Trinajstić information content (AvgIpc) is 2.69. The van der Waals surface area contributed by atoms with Crippen molar-refractivity contribution in [3.05, 3.63) is 59.7 Å². The Labute approximate surface area is 161 Å². The highest BCUT2D eigenvalue weighted by Gasteiger charge is 2.18. The lowest BCUT2D eigenvalue weighted by molar-refractivity contribution is 0.102. The summed E-state index contributed by atoms with van der Waals surface area (Å²) >= 11 is 0. The zero-order chi connectivity index (χ0) is 19.4. The van der Waals surface area contributed by atoms with Crippen LogP contribution in [0.25, 0.3) is 0 Å². The molecule has 27 heavy (non-hydrogen) atoms. The average molecular weight is 387 g/mol. The van der Waals surface area contributed by atoms with Gasteiger partial charge in [0.05, 0.1) is 4.90 Å². The van der Waals surface area contributed by atoms with Gasteiger partial charge in [-0.1, -0.05) is 31.4 Å². The van der Waals surface area contributed by atoms with Crippen LogP contribution in [-0.2, 0) is 10.0 Å². The first-order chi connectivity index (χ1) is 12.9. The molecule has 6 heteroatoms. The van der Waals surface area contributed by atoms with E-state index in [-0.39, 0.29) is 10.8 Å². The van der Waals surface area contributed by atoms with Crippen molar-refractivity contribution in [3.63, 3.8) is 0 Å². The molecule has 0 aliphatic heterocycles. The number of hydrogen-bond acceptors (Lipinski definition) is 3. The Balaban J connectivity index is 1.66. The Hall–Kier alpha value is -2.18. The smallest absolute Gasteiger partial charge is 0.255 e. The van der Waals surface area contributed by atoms with Crippen LogP contribution in [0.1, 0.15) is 53.9 Å². The topological polar surface area (TPSA) is 66.5 Å². The summed E-state index contributed by atoms with van der Waals surface area (Å²) in [5, 5.41) is 2.87. The Kier molecular flexibility index (Phi) is 5.97. The quantitative estimate of drug-likeness (QED) is 0.836. The van der Waals surface area contributed by atoms with Crippen LogP contribution in [0.5, 0.6) is 0 Å². The van der Waals surface area contributed by atoms with Crippen LogP contribution in [0.3, 0.4) is 0 Å². The van der Waals surface area contributed by atoms with E-state index in [1.165, 1.54) is 76.0 Å². The number of amides is 1. The zero-order valence-corrected chi connectivity index (χ0v) is 16.6. The van der Waals surface area contributed by atoms with E-state index in [9.17, 15) is 13.2 Å². The van der Waals surface area contributed by atoms with Crippen LogP contribution in [0.4, 0.5) is 5.69 Å². The van der Waals surface area contributed by atoms with E-state index >= 15 is 0 Å². The molecule has 0 heterocycles. The summed E-state index contributed by atoms with van der Waals surface area (Å²) in [6.45, 7) is 0. The molecule has 1 amide bonds. The number of benzene rings is 2. The van der Waals surface area contributed by atoms with Crippen LogP contribution < -0.4 is 5.32 Å². The second-order valence-electron chi connectivity index (χ2n) is 7.22. The second kappa shape index (κ2) is 8.23. The van der Waals surface area contributed by atoms with Gasteiger partial charge in [0.25, 0.3) is 5.91 Å². The lowest BCUT2D eigenvalue weighted by atomic mass is 9.84. The summed E-state index contributed by atoms with van der Waals surface area (Å²) in [5.41, 5.74) is 2.50. The van der Waals surface area contributed by atoms with Gasteiger partial charge in [0.15, 0.2) is 0 Å². The molecule has 0 saturated heterocycles. The summed E-state index contributed by atoms with van der Waals surface area (Å²) in [4.78, 5) is 12.6. The highest BCUT2D eigenvalue weighted by molar-refractivity contribution is 7.89. The van der Waals surface area contributed by atoms with Crippen LogP contribution >= 0.6 is 0 Å². The van der Waals surface area contributed by atoms with Gasteiger partial charge in [0.1, 0.15) is 0 Å². The largest absolute Gasteiger partial charge is 0.322 e. The molecular formula is C21H26N2O3S. The summed E-state index contributed by atoms with van der Waals surface area (Å²) < 4.78 is 25.3. The Bertz CT molecular complexity index is 882. The van der Waals surface area contributed by atoms with E-state index in [1.54, 1.807) is 0 Å². The van der Waals surface area contributed by atoms with Crippen LogP contribution in [-0.4, -0.2) is 32.7 Å². The molecule has 2 aromatic carbocycles. The van der Waals surface area contributed by atoms with Gasteiger partial charge >= 0.3 is 0 Å². The first-order valence-corrected chi connectivity index (χ1v) is 10.8. The molecule has 0 bridgehead atoms. The standard InChI is InChI=1S/C21H26N2O3S/c1-23(2)27(25,26)20-14-10-18(11-15-20)21(24)22-19-12-8-17(9-13-19)16-6-4-3-5-7-16/h8-16H,3-7H2,1-2H3,(H,22,24). The van der Waals surface area contributed by atoms with Crippen molar-refractivity contribution in [3.8, 4) is 0 Å². The maximum atomic E-state index is 12.4. The maximum absolute atomic E-state index is 12.4. The van der Waals surface area contributed by atoms with Crippen molar-refractivity contribution in [2.24, 2.45) is 0 Å². The van der Waals surface area contributed by atoms with Crippen LogP contribution in [0, 0.1) is 0 Å². The maximum Gasteiger partial charge on any atom is 0.255 e. The third kappa shape index (κ3) is 4.57. The summed E-state index contributed by atoms with van der Waals surface area (Å²) in [6.07, 6.45) is 6.41. The van der Waals surface area contributed by atoms with Gasteiger partial charge in [-0.15, -0.1) is 0 Å². The number of carbonyl (C=O) groups is 1. The van der Waals surface area contributed by atoms with Crippen molar-refractivity contribution in [2.75, 3.05) is 19.4 Å².